The molecule has 4 rings (SSSR count). The van der Waals surface area contributed by atoms with Crippen LogP contribution in [-0.2, 0) is 4.74 Å². The van der Waals surface area contributed by atoms with Gasteiger partial charge in [0.25, 0.3) is 5.91 Å². The number of rotatable bonds is 1. The number of nitrogens with zero attached hydrogens (tertiary/aromatic N) is 2. The number of carbonyl (C=O) groups excluding carboxylic acids is 1. The van der Waals surface area contributed by atoms with Crippen LogP contribution in [0.4, 0.5) is 0 Å². The number of nitrogens with one attached hydrogen (secondary N) is 1. The van der Waals surface area contributed by atoms with Crippen LogP contribution in [0.15, 0.2) is 24.5 Å². The maximum absolute atomic E-state index is 12.7. The van der Waals surface area contributed by atoms with Crippen molar-refractivity contribution in [3.8, 4) is 0 Å². The molecular formula is C15H17N3O2. The minimum Gasteiger partial charge on any atom is -0.374 e. The zero-order valence-electron chi connectivity index (χ0n) is 11.2. The van der Waals surface area contributed by atoms with Crippen molar-refractivity contribution < 1.29 is 9.53 Å². The average Bonchev–Trinajstić information content (AvgIpc) is 3.13. The summed E-state index contributed by atoms with van der Waals surface area (Å²) in [5.41, 5.74) is 2.53. The normalized spacial score (nSPS) is 25.9. The zero-order chi connectivity index (χ0) is 13.5. The highest BCUT2D eigenvalue weighted by molar-refractivity contribution is 5.97. The molecule has 2 atom stereocenters. The summed E-state index contributed by atoms with van der Waals surface area (Å²) in [4.78, 5) is 22.0. The molecule has 0 bridgehead atoms. The molecule has 2 unspecified atom stereocenters. The lowest BCUT2D eigenvalue weighted by atomic mass is 10.1. The lowest BCUT2D eigenvalue weighted by molar-refractivity contribution is -0.0445. The molecule has 5 nitrogen and oxygen atoms in total. The van der Waals surface area contributed by atoms with Gasteiger partial charge in [0.05, 0.1) is 36.1 Å². The Morgan fingerprint density at radius 2 is 2.35 bits per heavy atom. The van der Waals surface area contributed by atoms with E-state index in [0.29, 0.717) is 13.2 Å². The van der Waals surface area contributed by atoms with Crippen LogP contribution in [0.3, 0.4) is 0 Å². The topological polar surface area (TPSA) is 58.2 Å². The monoisotopic (exact) mass is 271 g/mol. The number of morpholine rings is 1. The third-order valence-electron chi connectivity index (χ3n) is 4.41. The van der Waals surface area contributed by atoms with Gasteiger partial charge in [0.15, 0.2) is 0 Å². The summed E-state index contributed by atoms with van der Waals surface area (Å²) in [6, 6.07) is 5.91. The molecule has 1 aliphatic carbocycles. The third-order valence-corrected chi connectivity index (χ3v) is 4.41. The first-order chi connectivity index (χ1) is 9.83. The SMILES string of the molecule is O=C(c1ccc2nc[nH]c2c1)N1CCOC2CCCC21. The number of amides is 1. The summed E-state index contributed by atoms with van der Waals surface area (Å²) < 4.78 is 5.77. The number of hydrogen-bond donors (Lipinski definition) is 1. The Hall–Kier alpha value is -1.88. The fourth-order valence-electron chi connectivity index (χ4n) is 3.41. The lowest BCUT2D eigenvalue weighted by Gasteiger charge is -2.37. The lowest BCUT2D eigenvalue weighted by Crippen LogP contribution is -2.51. The molecule has 1 aromatic heterocycles. The van der Waals surface area contributed by atoms with Crippen molar-refractivity contribution in [1.82, 2.24) is 14.9 Å². The van der Waals surface area contributed by atoms with E-state index < -0.39 is 0 Å². The van der Waals surface area contributed by atoms with E-state index in [9.17, 15) is 4.79 Å². The summed E-state index contributed by atoms with van der Waals surface area (Å²) in [5.74, 6) is 0.113. The molecule has 2 heterocycles. The van der Waals surface area contributed by atoms with Crippen molar-refractivity contribution >= 4 is 16.9 Å². The highest BCUT2D eigenvalue weighted by Crippen LogP contribution is 2.30. The number of carbonyl (C=O) groups is 1. The van der Waals surface area contributed by atoms with Gasteiger partial charge >= 0.3 is 0 Å². The Labute approximate surface area is 116 Å². The highest BCUT2D eigenvalue weighted by Gasteiger charge is 2.38. The second-order valence-corrected chi connectivity index (χ2v) is 5.54. The fourth-order valence-corrected chi connectivity index (χ4v) is 3.41. The van der Waals surface area contributed by atoms with E-state index in [1.165, 1.54) is 0 Å². The van der Waals surface area contributed by atoms with Gasteiger partial charge in [0.2, 0.25) is 0 Å². The average molecular weight is 271 g/mol. The Kier molecular flexibility index (Phi) is 2.73. The van der Waals surface area contributed by atoms with E-state index >= 15 is 0 Å². The van der Waals surface area contributed by atoms with Gasteiger partial charge < -0.3 is 14.6 Å². The number of aromatic nitrogens is 2. The molecule has 2 fully saturated rings. The summed E-state index contributed by atoms with van der Waals surface area (Å²) >= 11 is 0. The van der Waals surface area contributed by atoms with Crippen molar-refractivity contribution in [2.24, 2.45) is 0 Å². The number of ether oxygens (including phenoxy) is 1. The number of fused-ring (bicyclic) bond motifs is 2. The smallest absolute Gasteiger partial charge is 0.254 e. The molecule has 1 saturated heterocycles. The first kappa shape index (κ1) is 11.9. The number of benzene rings is 1. The predicted molar refractivity (Wildman–Crippen MR) is 74.5 cm³/mol. The van der Waals surface area contributed by atoms with E-state index in [0.717, 1.165) is 35.9 Å². The Bertz CT molecular complexity index is 651. The van der Waals surface area contributed by atoms with Crippen LogP contribution >= 0.6 is 0 Å². The highest BCUT2D eigenvalue weighted by atomic mass is 16.5. The van der Waals surface area contributed by atoms with Crippen LogP contribution in [-0.4, -0.2) is 46.1 Å². The fraction of sp³-hybridized carbons (Fsp3) is 0.467. The number of hydrogen-bond acceptors (Lipinski definition) is 3. The number of imidazole rings is 1. The van der Waals surface area contributed by atoms with Crippen LogP contribution in [0.25, 0.3) is 11.0 Å². The summed E-state index contributed by atoms with van der Waals surface area (Å²) in [5, 5.41) is 0. The maximum atomic E-state index is 12.7. The van der Waals surface area contributed by atoms with E-state index in [2.05, 4.69) is 9.97 Å². The Balaban J connectivity index is 1.65. The third kappa shape index (κ3) is 1.81. The van der Waals surface area contributed by atoms with Gasteiger partial charge in [-0.2, -0.15) is 0 Å². The van der Waals surface area contributed by atoms with Gasteiger partial charge in [-0.1, -0.05) is 0 Å². The summed E-state index contributed by atoms with van der Waals surface area (Å²) in [6.07, 6.45) is 5.18. The van der Waals surface area contributed by atoms with E-state index in [1.54, 1.807) is 6.33 Å². The quantitative estimate of drug-likeness (QED) is 0.862. The molecule has 1 aliphatic heterocycles. The number of H-pyrrole nitrogens is 1. The summed E-state index contributed by atoms with van der Waals surface area (Å²) in [7, 11) is 0. The molecule has 2 aromatic rings. The van der Waals surface area contributed by atoms with Gasteiger partial charge in [-0.15, -0.1) is 0 Å². The Morgan fingerprint density at radius 1 is 1.40 bits per heavy atom. The van der Waals surface area contributed by atoms with Crippen molar-refractivity contribution in [3.63, 3.8) is 0 Å². The largest absolute Gasteiger partial charge is 0.374 e. The van der Waals surface area contributed by atoms with Crippen LogP contribution in [0.1, 0.15) is 29.6 Å². The van der Waals surface area contributed by atoms with E-state index in [4.69, 9.17) is 4.74 Å². The van der Waals surface area contributed by atoms with Crippen molar-refractivity contribution in [2.75, 3.05) is 13.2 Å². The van der Waals surface area contributed by atoms with Crippen molar-refractivity contribution in [1.29, 1.82) is 0 Å². The Morgan fingerprint density at radius 3 is 3.30 bits per heavy atom. The maximum Gasteiger partial charge on any atom is 0.254 e. The van der Waals surface area contributed by atoms with E-state index in [-0.39, 0.29) is 18.1 Å². The molecular weight excluding hydrogens is 254 g/mol. The molecule has 20 heavy (non-hydrogen) atoms. The minimum atomic E-state index is 0.113. The molecule has 0 radical (unpaired) electrons. The second-order valence-electron chi connectivity index (χ2n) is 5.54. The van der Waals surface area contributed by atoms with Crippen molar-refractivity contribution in [3.05, 3.63) is 30.1 Å². The van der Waals surface area contributed by atoms with Crippen LogP contribution < -0.4 is 0 Å². The molecule has 2 aliphatic rings. The predicted octanol–water partition coefficient (Wildman–Crippen LogP) is 1.96. The van der Waals surface area contributed by atoms with Crippen LogP contribution in [0.5, 0.6) is 0 Å². The number of aromatic amines is 1. The second kappa shape index (κ2) is 4.59. The molecule has 1 amide bonds. The van der Waals surface area contributed by atoms with Gasteiger partial charge in [0, 0.05) is 12.1 Å². The van der Waals surface area contributed by atoms with Gasteiger partial charge in [-0.25, -0.2) is 4.98 Å². The van der Waals surface area contributed by atoms with Crippen molar-refractivity contribution in [2.45, 2.75) is 31.4 Å². The molecule has 104 valence electrons. The molecule has 1 N–H and O–H groups in total. The van der Waals surface area contributed by atoms with Gasteiger partial charge in [-0.3, -0.25) is 4.79 Å². The zero-order valence-corrected chi connectivity index (χ0v) is 11.2. The first-order valence-corrected chi connectivity index (χ1v) is 7.18. The minimum absolute atomic E-state index is 0.113. The molecule has 1 aromatic carbocycles. The standard InChI is InChI=1S/C15H17N3O2/c19-15(10-4-5-11-12(8-10)17-9-16-11)18-6-7-20-14-3-1-2-13(14)18/h4-5,8-9,13-14H,1-3,6-7H2,(H,16,17). The molecule has 1 saturated carbocycles. The van der Waals surface area contributed by atoms with Crippen LogP contribution in [0.2, 0.25) is 0 Å². The van der Waals surface area contributed by atoms with Gasteiger partial charge in [0.1, 0.15) is 0 Å². The van der Waals surface area contributed by atoms with Crippen LogP contribution in [0, 0.1) is 0 Å². The summed E-state index contributed by atoms with van der Waals surface area (Å²) in [6.45, 7) is 1.35. The van der Waals surface area contributed by atoms with Gasteiger partial charge in [-0.05, 0) is 37.5 Å². The van der Waals surface area contributed by atoms with E-state index in [1.807, 2.05) is 23.1 Å². The molecule has 5 heteroatoms. The molecule has 0 spiro atoms. The first-order valence-electron chi connectivity index (χ1n) is 7.18.